The van der Waals surface area contributed by atoms with E-state index in [4.69, 9.17) is 20.5 Å². The number of fused-ring (bicyclic) bond motifs is 1. The number of aromatic nitrogens is 2. The smallest absolute Gasteiger partial charge is 0.349 e. The molecule has 0 aliphatic rings. The summed E-state index contributed by atoms with van der Waals surface area (Å²) in [6.45, 7) is 0. The number of halogens is 2. The lowest BCUT2D eigenvalue weighted by molar-refractivity contribution is 0.429. The molecule has 0 fully saturated rings. The molecule has 7 heteroatoms. The van der Waals surface area contributed by atoms with Gasteiger partial charge in [-0.2, -0.15) is 4.98 Å². The van der Waals surface area contributed by atoms with Crippen LogP contribution in [0.15, 0.2) is 62.3 Å². The molecule has 5 nitrogen and oxygen atoms in total. The molecule has 0 spiro atoms. The number of nitrogens with zero attached hydrogens (tertiary/aromatic N) is 2. The molecular weight excluding hydrogens is 335 g/mol. The van der Waals surface area contributed by atoms with E-state index < -0.39 is 11.4 Å². The van der Waals surface area contributed by atoms with Crippen molar-refractivity contribution in [3.05, 3.63) is 69.8 Å². The van der Waals surface area contributed by atoms with Gasteiger partial charge in [-0.25, -0.2) is 9.18 Å². The maximum Gasteiger partial charge on any atom is 0.349 e. The summed E-state index contributed by atoms with van der Waals surface area (Å²) in [6, 6.07) is 12.8. The van der Waals surface area contributed by atoms with Gasteiger partial charge in [-0.1, -0.05) is 41.0 Å². The fourth-order valence-corrected chi connectivity index (χ4v) is 2.60. The SMILES string of the molecule is O=c1oc2ccccc2cc1-c1nc(-c2c(F)cccc2Cl)no1. The molecule has 4 rings (SSSR count). The summed E-state index contributed by atoms with van der Waals surface area (Å²) in [7, 11) is 0. The monoisotopic (exact) mass is 342 g/mol. The van der Waals surface area contributed by atoms with E-state index in [1.807, 2.05) is 6.07 Å². The molecule has 0 saturated heterocycles. The van der Waals surface area contributed by atoms with Crippen molar-refractivity contribution in [2.75, 3.05) is 0 Å². The molecular formula is C17H8ClFN2O3. The van der Waals surface area contributed by atoms with E-state index >= 15 is 0 Å². The molecule has 0 N–H and O–H groups in total. The molecule has 118 valence electrons. The first-order valence-electron chi connectivity index (χ1n) is 6.95. The third-order valence-electron chi connectivity index (χ3n) is 3.48. The first-order chi connectivity index (χ1) is 11.6. The Balaban J connectivity index is 1.86. The second-order valence-corrected chi connectivity index (χ2v) is 5.41. The maximum atomic E-state index is 13.9. The fourth-order valence-electron chi connectivity index (χ4n) is 2.36. The molecule has 0 unspecified atom stereocenters. The Morgan fingerprint density at radius 1 is 1.08 bits per heavy atom. The van der Waals surface area contributed by atoms with E-state index in [-0.39, 0.29) is 27.9 Å². The number of hydrogen-bond acceptors (Lipinski definition) is 5. The van der Waals surface area contributed by atoms with Crippen LogP contribution in [-0.2, 0) is 0 Å². The Bertz CT molecular complexity index is 1100. The highest BCUT2D eigenvalue weighted by Gasteiger charge is 2.19. The van der Waals surface area contributed by atoms with Gasteiger partial charge in [-0.05, 0) is 24.3 Å². The maximum absolute atomic E-state index is 13.9. The van der Waals surface area contributed by atoms with E-state index in [0.717, 1.165) is 0 Å². The van der Waals surface area contributed by atoms with Gasteiger partial charge < -0.3 is 8.94 Å². The lowest BCUT2D eigenvalue weighted by Gasteiger charge is -1.99. The van der Waals surface area contributed by atoms with Crippen molar-refractivity contribution in [3.63, 3.8) is 0 Å². The summed E-state index contributed by atoms with van der Waals surface area (Å²) in [6.07, 6.45) is 0. The summed E-state index contributed by atoms with van der Waals surface area (Å²) in [4.78, 5) is 16.2. The standard InChI is InChI=1S/C17H8ClFN2O3/c18-11-5-3-6-12(19)14(11)15-20-16(24-21-15)10-8-9-4-1-2-7-13(9)23-17(10)22/h1-8H. The zero-order chi connectivity index (χ0) is 16.7. The predicted octanol–water partition coefficient (Wildman–Crippen LogP) is 4.30. The molecule has 0 amide bonds. The van der Waals surface area contributed by atoms with Crippen molar-refractivity contribution in [1.82, 2.24) is 10.1 Å². The summed E-state index contributed by atoms with van der Waals surface area (Å²) in [5.74, 6) is -0.690. The highest BCUT2D eigenvalue weighted by Crippen LogP contribution is 2.30. The van der Waals surface area contributed by atoms with Crippen LogP contribution in [-0.4, -0.2) is 10.1 Å². The van der Waals surface area contributed by atoms with Gasteiger partial charge in [0.05, 0.1) is 10.6 Å². The molecule has 4 aromatic rings. The zero-order valence-electron chi connectivity index (χ0n) is 12.0. The molecule has 0 atom stereocenters. The van der Waals surface area contributed by atoms with Gasteiger partial charge in [-0.3, -0.25) is 0 Å². The second kappa shape index (κ2) is 5.58. The summed E-state index contributed by atoms with van der Waals surface area (Å²) >= 11 is 5.99. The van der Waals surface area contributed by atoms with Crippen LogP contribution in [0, 0.1) is 5.82 Å². The van der Waals surface area contributed by atoms with Crippen LogP contribution < -0.4 is 5.63 Å². The average molecular weight is 343 g/mol. The molecule has 24 heavy (non-hydrogen) atoms. The van der Waals surface area contributed by atoms with Crippen molar-refractivity contribution in [2.45, 2.75) is 0 Å². The van der Waals surface area contributed by atoms with Gasteiger partial charge in [0, 0.05) is 5.39 Å². The third kappa shape index (κ3) is 2.37. The van der Waals surface area contributed by atoms with E-state index in [1.54, 1.807) is 24.3 Å². The zero-order valence-corrected chi connectivity index (χ0v) is 12.7. The Kier molecular flexibility index (Phi) is 3.39. The van der Waals surface area contributed by atoms with E-state index in [1.165, 1.54) is 18.2 Å². The van der Waals surface area contributed by atoms with Gasteiger partial charge in [-0.15, -0.1) is 0 Å². The molecule has 0 aliphatic carbocycles. The largest absolute Gasteiger partial charge is 0.422 e. The highest BCUT2D eigenvalue weighted by atomic mass is 35.5. The van der Waals surface area contributed by atoms with Gasteiger partial charge in [0.15, 0.2) is 0 Å². The molecule has 0 bridgehead atoms. The van der Waals surface area contributed by atoms with E-state index in [2.05, 4.69) is 10.1 Å². The van der Waals surface area contributed by atoms with Gasteiger partial charge in [0.1, 0.15) is 17.0 Å². The minimum atomic E-state index is -0.622. The molecule has 0 aliphatic heterocycles. The first-order valence-corrected chi connectivity index (χ1v) is 7.32. The molecule has 2 heterocycles. The predicted molar refractivity (Wildman–Crippen MR) is 86.2 cm³/mol. The number of benzene rings is 2. The summed E-state index contributed by atoms with van der Waals surface area (Å²) in [5, 5.41) is 4.57. The van der Waals surface area contributed by atoms with Crippen molar-refractivity contribution in [2.24, 2.45) is 0 Å². The van der Waals surface area contributed by atoms with Gasteiger partial charge in [0.2, 0.25) is 5.82 Å². The first kappa shape index (κ1) is 14.6. The van der Waals surface area contributed by atoms with Crippen LogP contribution in [0.1, 0.15) is 0 Å². The fraction of sp³-hybridized carbons (Fsp3) is 0. The minimum Gasteiger partial charge on any atom is -0.422 e. The van der Waals surface area contributed by atoms with Crippen LogP contribution in [0.2, 0.25) is 5.02 Å². The van der Waals surface area contributed by atoms with E-state index in [9.17, 15) is 9.18 Å². The lowest BCUT2D eigenvalue weighted by Crippen LogP contribution is -2.02. The highest BCUT2D eigenvalue weighted by molar-refractivity contribution is 6.33. The van der Waals surface area contributed by atoms with Crippen LogP contribution in [0.25, 0.3) is 33.8 Å². The summed E-state index contributed by atoms with van der Waals surface area (Å²) in [5.41, 5.74) is -0.0640. The number of hydrogen-bond donors (Lipinski definition) is 0. The summed E-state index contributed by atoms with van der Waals surface area (Å²) < 4.78 is 24.3. The Morgan fingerprint density at radius 2 is 1.92 bits per heavy atom. The molecule has 2 aromatic carbocycles. The topological polar surface area (TPSA) is 69.1 Å². The Hall–Kier alpha value is -2.99. The van der Waals surface area contributed by atoms with Crippen molar-refractivity contribution >= 4 is 22.6 Å². The average Bonchev–Trinajstić information content (AvgIpc) is 3.03. The normalized spacial score (nSPS) is 11.1. The minimum absolute atomic E-state index is 0.0133. The van der Waals surface area contributed by atoms with Gasteiger partial charge >= 0.3 is 5.63 Å². The Morgan fingerprint density at radius 3 is 2.75 bits per heavy atom. The van der Waals surface area contributed by atoms with Crippen molar-refractivity contribution in [3.8, 4) is 22.8 Å². The molecule has 0 radical (unpaired) electrons. The third-order valence-corrected chi connectivity index (χ3v) is 3.80. The van der Waals surface area contributed by atoms with E-state index in [0.29, 0.717) is 11.0 Å². The van der Waals surface area contributed by atoms with Crippen LogP contribution in [0.4, 0.5) is 4.39 Å². The second-order valence-electron chi connectivity index (χ2n) is 5.01. The number of rotatable bonds is 2. The Labute approximate surface area is 139 Å². The lowest BCUT2D eigenvalue weighted by atomic mass is 10.2. The van der Waals surface area contributed by atoms with Crippen LogP contribution in [0.3, 0.4) is 0 Å². The van der Waals surface area contributed by atoms with Crippen molar-refractivity contribution in [1.29, 1.82) is 0 Å². The van der Waals surface area contributed by atoms with Crippen LogP contribution in [0.5, 0.6) is 0 Å². The van der Waals surface area contributed by atoms with Crippen molar-refractivity contribution < 1.29 is 13.3 Å². The molecule has 0 saturated carbocycles. The van der Waals surface area contributed by atoms with Crippen LogP contribution >= 0.6 is 11.6 Å². The van der Waals surface area contributed by atoms with Gasteiger partial charge in [0.25, 0.3) is 5.89 Å². The molecule has 2 aromatic heterocycles. The quantitative estimate of drug-likeness (QED) is 0.508. The number of para-hydroxylation sites is 1.